The molecule has 0 heterocycles. The van der Waals surface area contributed by atoms with Gasteiger partial charge in [-0.05, 0) is 43.3 Å². The van der Waals surface area contributed by atoms with Crippen molar-refractivity contribution in [3.8, 4) is 0 Å². The van der Waals surface area contributed by atoms with Crippen LogP contribution in [0, 0.1) is 6.92 Å². The number of sulfonamides is 1. The second-order valence-electron chi connectivity index (χ2n) is 5.07. The summed E-state index contributed by atoms with van der Waals surface area (Å²) in [4.78, 5) is 22.2. The van der Waals surface area contributed by atoms with Crippen LogP contribution >= 0.6 is 0 Å². The molecule has 1 amide bonds. The number of benzene rings is 2. The number of carboxylic acids is 1. The van der Waals surface area contributed by atoms with Gasteiger partial charge in [0.2, 0.25) is 0 Å². The number of hydrogen-bond acceptors (Lipinski definition) is 4. The smallest absolute Gasteiger partial charge is 0.322 e. The molecule has 2 aromatic carbocycles. The topological polar surface area (TPSA) is 113 Å². The number of aliphatic carboxylic acids is 1. The summed E-state index contributed by atoms with van der Waals surface area (Å²) in [7, 11) is -3.71. The Kier molecular flexibility index (Phi) is 5.20. The van der Waals surface area contributed by atoms with E-state index in [1.165, 1.54) is 36.4 Å². The average Bonchev–Trinajstić information content (AvgIpc) is 2.53. The van der Waals surface area contributed by atoms with E-state index in [0.717, 1.165) is 5.56 Å². The lowest BCUT2D eigenvalue weighted by atomic mass is 10.2. The number of carboxylic acid groups (broad SMARTS) is 1. The number of anilines is 1. The summed E-state index contributed by atoms with van der Waals surface area (Å²) < 4.78 is 26.9. The Labute approximate surface area is 139 Å². The van der Waals surface area contributed by atoms with E-state index < -0.39 is 28.4 Å². The van der Waals surface area contributed by atoms with E-state index in [4.69, 9.17) is 5.11 Å². The van der Waals surface area contributed by atoms with Gasteiger partial charge < -0.3 is 10.4 Å². The fourth-order valence-corrected chi connectivity index (χ4v) is 2.94. The monoisotopic (exact) mass is 348 g/mol. The van der Waals surface area contributed by atoms with Crippen molar-refractivity contribution in [1.82, 2.24) is 5.32 Å². The van der Waals surface area contributed by atoms with Gasteiger partial charge in [0.1, 0.15) is 6.54 Å². The van der Waals surface area contributed by atoms with Crippen LogP contribution in [-0.4, -0.2) is 31.9 Å². The van der Waals surface area contributed by atoms with E-state index in [9.17, 15) is 18.0 Å². The Morgan fingerprint density at radius 3 is 2.12 bits per heavy atom. The van der Waals surface area contributed by atoms with Crippen LogP contribution in [0.15, 0.2) is 53.4 Å². The maximum Gasteiger partial charge on any atom is 0.322 e. The van der Waals surface area contributed by atoms with Crippen LogP contribution in [-0.2, 0) is 14.8 Å². The zero-order valence-electron chi connectivity index (χ0n) is 12.8. The molecule has 0 aromatic heterocycles. The molecule has 0 radical (unpaired) electrons. The summed E-state index contributed by atoms with van der Waals surface area (Å²) in [5.74, 6) is -1.70. The number of carbonyl (C=O) groups is 2. The summed E-state index contributed by atoms with van der Waals surface area (Å²) in [6, 6.07) is 12.1. The molecule has 24 heavy (non-hydrogen) atoms. The van der Waals surface area contributed by atoms with Crippen LogP contribution in [0.4, 0.5) is 5.69 Å². The number of carbonyl (C=O) groups excluding carboxylic acids is 1. The lowest BCUT2D eigenvalue weighted by Gasteiger charge is -2.09. The van der Waals surface area contributed by atoms with Crippen molar-refractivity contribution in [3.05, 3.63) is 59.7 Å². The Morgan fingerprint density at radius 2 is 1.58 bits per heavy atom. The normalized spacial score (nSPS) is 10.9. The molecule has 0 saturated heterocycles. The fourth-order valence-electron chi connectivity index (χ4n) is 1.88. The average molecular weight is 348 g/mol. The highest BCUT2D eigenvalue weighted by Crippen LogP contribution is 2.17. The molecule has 0 aliphatic rings. The molecule has 0 saturated carbocycles. The Balaban J connectivity index is 2.09. The Morgan fingerprint density at radius 1 is 1.00 bits per heavy atom. The lowest BCUT2D eigenvalue weighted by Crippen LogP contribution is -2.29. The van der Waals surface area contributed by atoms with Gasteiger partial charge in [0, 0.05) is 11.3 Å². The zero-order valence-corrected chi connectivity index (χ0v) is 13.6. The number of nitrogens with one attached hydrogen (secondary N) is 2. The molecule has 0 unspecified atom stereocenters. The van der Waals surface area contributed by atoms with Gasteiger partial charge in [-0.3, -0.25) is 14.3 Å². The summed E-state index contributed by atoms with van der Waals surface area (Å²) in [6.45, 7) is 1.37. The van der Waals surface area contributed by atoms with Crippen molar-refractivity contribution < 1.29 is 23.1 Å². The van der Waals surface area contributed by atoms with Gasteiger partial charge in [-0.25, -0.2) is 8.42 Å². The summed E-state index contributed by atoms with van der Waals surface area (Å²) in [6.07, 6.45) is 0. The van der Waals surface area contributed by atoms with Crippen molar-refractivity contribution in [2.75, 3.05) is 11.3 Å². The molecule has 0 aliphatic heterocycles. The second-order valence-corrected chi connectivity index (χ2v) is 6.75. The van der Waals surface area contributed by atoms with Crippen LogP contribution in [0.1, 0.15) is 15.9 Å². The molecule has 126 valence electrons. The van der Waals surface area contributed by atoms with E-state index in [1.807, 2.05) is 6.92 Å². The van der Waals surface area contributed by atoms with Gasteiger partial charge in [0.25, 0.3) is 15.9 Å². The first-order chi connectivity index (χ1) is 11.3. The minimum atomic E-state index is -3.71. The predicted molar refractivity (Wildman–Crippen MR) is 88.4 cm³/mol. The van der Waals surface area contributed by atoms with Gasteiger partial charge in [-0.2, -0.15) is 0 Å². The standard InChI is InChI=1S/C16H16N2O5S/c1-11-2-8-14(9-3-11)24(22,23)18-13-6-4-12(5-7-13)16(21)17-10-15(19)20/h2-9,18H,10H2,1H3,(H,17,21)(H,19,20). The highest BCUT2D eigenvalue weighted by molar-refractivity contribution is 7.92. The molecular weight excluding hydrogens is 332 g/mol. The maximum atomic E-state index is 12.3. The molecule has 7 nitrogen and oxygen atoms in total. The first-order valence-electron chi connectivity index (χ1n) is 6.97. The second kappa shape index (κ2) is 7.14. The molecule has 0 aliphatic carbocycles. The van der Waals surface area contributed by atoms with Gasteiger partial charge in [0.15, 0.2) is 0 Å². The number of rotatable bonds is 6. The van der Waals surface area contributed by atoms with E-state index >= 15 is 0 Å². The largest absolute Gasteiger partial charge is 0.480 e. The third kappa shape index (κ3) is 4.56. The van der Waals surface area contributed by atoms with Crippen molar-refractivity contribution >= 4 is 27.6 Å². The predicted octanol–water partition coefficient (Wildman–Crippen LogP) is 1.61. The first kappa shape index (κ1) is 17.5. The minimum absolute atomic E-state index is 0.136. The van der Waals surface area contributed by atoms with E-state index in [2.05, 4.69) is 10.0 Å². The first-order valence-corrected chi connectivity index (χ1v) is 8.46. The zero-order chi connectivity index (χ0) is 17.7. The van der Waals surface area contributed by atoms with Crippen LogP contribution in [0.2, 0.25) is 0 Å². The van der Waals surface area contributed by atoms with E-state index in [1.54, 1.807) is 12.1 Å². The van der Waals surface area contributed by atoms with Crippen LogP contribution < -0.4 is 10.0 Å². The highest BCUT2D eigenvalue weighted by Gasteiger charge is 2.14. The maximum absolute atomic E-state index is 12.3. The quantitative estimate of drug-likeness (QED) is 0.734. The van der Waals surface area contributed by atoms with Crippen molar-refractivity contribution in [3.63, 3.8) is 0 Å². The van der Waals surface area contributed by atoms with Crippen LogP contribution in [0.25, 0.3) is 0 Å². The number of hydrogen-bond donors (Lipinski definition) is 3. The minimum Gasteiger partial charge on any atom is -0.480 e. The molecular formula is C16H16N2O5S. The Bertz CT molecular complexity index is 843. The fraction of sp³-hybridized carbons (Fsp3) is 0.125. The third-order valence-corrected chi connectivity index (χ3v) is 4.53. The van der Waals surface area contributed by atoms with Gasteiger partial charge in [-0.15, -0.1) is 0 Å². The van der Waals surface area contributed by atoms with Crippen molar-refractivity contribution in [2.24, 2.45) is 0 Å². The molecule has 3 N–H and O–H groups in total. The molecule has 0 bridgehead atoms. The van der Waals surface area contributed by atoms with Crippen LogP contribution in [0.5, 0.6) is 0 Å². The van der Waals surface area contributed by atoms with E-state index in [-0.39, 0.29) is 10.5 Å². The number of aryl methyl sites for hydroxylation is 1. The molecule has 0 atom stereocenters. The summed E-state index contributed by atoms with van der Waals surface area (Å²) in [5.41, 5.74) is 1.48. The lowest BCUT2D eigenvalue weighted by molar-refractivity contribution is -0.135. The van der Waals surface area contributed by atoms with Gasteiger partial charge in [-0.1, -0.05) is 17.7 Å². The molecule has 2 aromatic rings. The highest BCUT2D eigenvalue weighted by atomic mass is 32.2. The SMILES string of the molecule is Cc1ccc(S(=O)(=O)Nc2ccc(C(=O)NCC(=O)O)cc2)cc1. The molecule has 0 spiro atoms. The molecule has 2 rings (SSSR count). The molecule has 0 fully saturated rings. The van der Waals surface area contributed by atoms with Gasteiger partial charge >= 0.3 is 5.97 Å². The van der Waals surface area contributed by atoms with Crippen molar-refractivity contribution in [2.45, 2.75) is 11.8 Å². The van der Waals surface area contributed by atoms with E-state index in [0.29, 0.717) is 5.69 Å². The van der Waals surface area contributed by atoms with Crippen LogP contribution in [0.3, 0.4) is 0 Å². The Hall–Kier alpha value is -2.87. The molecule has 8 heteroatoms. The summed E-state index contributed by atoms with van der Waals surface area (Å²) in [5, 5.41) is 10.7. The van der Waals surface area contributed by atoms with Gasteiger partial charge in [0.05, 0.1) is 4.90 Å². The number of amides is 1. The summed E-state index contributed by atoms with van der Waals surface area (Å²) >= 11 is 0. The van der Waals surface area contributed by atoms with Crippen molar-refractivity contribution in [1.29, 1.82) is 0 Å². The third-order valence-electron chi connectivity index (χ3n) is 3.13.